The molecule has 0 saturated carbocycles. The molecule has 2 N–H and O–H groups in total. The fourth-order valence-corrected chi connectivity index (χ4v) is 2.98. The molecule has 2 rings (SSSR count). The molecule has 21 heavy (non-hydrogen) atoms. The minimum absolute atomic E-state index is 0.0888. The molecule has 1 unspecified atom stereocenters. The number of methoxy groups -OCH3 is 1. The zero-order valence-corrected chi connectivity index (χ0v) is 12.6. The van der Waals surface area contributed by atoms with E-state index >= 15 is 0 Å². The minimum Gasteiger partial charge on any atom is -0.508 e. The number of aromatic hydroxyl groups is 1. The van der Waals surface area contributed by atoms with Gasteiger partial charge in [-0.15, -0.1) is 0 Å². The van der Waals surface area contributed by atoms with Crippen LogP contribution in [-0.2, 0) is 4.79 Å². The molecule has 0 aliphatic carbocycles. The predicted octanol–water partition coefficient (Wildman–Crippen LogP) is 2.65. The molecular weight excluding hydrogens is 270 g/mol. The summed E-state index contributed by atoms with van der Waals surface area (Å²) in [7, 11) is 1.61. The number of carbonyl (C=O) groups is 1. The van der Waals surface area contributed by atoms with Crippen LogP contribution in [0.4, 0.5) is 0 Å². The summed E-state index contributed by atoms with van der Waals surface area (Å²) in [6.45, 7) is 3.78. The Kier molecular flexibility index (Phi) is 5.07. The monoisotopic (exact) mass is 293 g/mol. The van der Waals surface area contributed by atoms with Gasteiger partial charge in [-0.3, -0.25) is 9.69 Å². The van der Waals surface area contributed by atoms with Gasteiger partial charge < -0.3 is 14.9 Å². The van der Waals surface area contributed by atoms with Crippen molar-refractivity contribution in [2.45, 2.75) is 32.2 Å². The van der Waals surface area contributed by atoms with Gasteiger partial charge in [0, 0.05) is 18.0 Å². The van der Waals surface area contributed by atoms with Crippen LogP contribution in [0.5, 0.6) is 11.5 Å². The quantitative estimate of drug-likeness (QED) is 0.873. The summed E-state index contributed by atoms with van der Waals surface area (Å²) >= 11 is 0. The molecule has 0 aromatic heterocycles. The topological polar surface area (TPSA) is 70.0 Å². The molecule has 5 heteroatoms. The summed E-state index contributed by atoms with van der Waals surface area (Å²) < 4.78 is 5.21. The van der Waals surface area contributed by atoms with Gasteiger partial charge in [0.2, 0.25) is 0 Å². The molecule has 1 atom stereocenters. The number of likely N-dealkylation sites (tertiary alicyclic amines) is 1. The molecule has 1 aromatic carbocycles. The number of ether oxygens (including phenoxy) is 1. The van der Waals surface area contributed by atoms with Gasteiger partial charge in [0.25, 0.3) is 0 Å². The summed E-state index contributed by atoms with van der Waals surface area (Å²) in [5.41, 5.74) is 0.853. The summed E-state index contributed by atoms with van der Waals surface area (Å²) in [5, 5.41) is 18.9. The molecule has 0 bridgehead atoms. The van der Waals surface area contributed by atoms with E-state index in [1.54, 1.807) is 19.2 Å². The number of phenols is 1. The Hall–Kier alpha value is -1.75. The standard InChI is InChI=1S/C16H23NO4/c1-11(14-10-13(21-2)3-4-15(14)18)17-7-5-12(6-8-17)9-16(19)20/h3-4,10-12,18H,5-9H2,1-2H3,(H,19,20). The normalized spacial score (nSPS) is 18.4. The molecule has 1 aliphatic heterocycles. The van der Waals surface area contributed by atoms with Gasteiger partial charge in [-0.25, -0.2) is 0 Å². The van der Waals surface area contributed by atoms with E-state index in [9.17, 15) is 9.90 Å². The second-order valence-electron chi connectivity index (χ2n) is 5.68. The summed E-state index contributed by atoms with van der Waals surface area (Å²) in [4.78, 5) is 13.0. The third kappa shape index (κ3) is 3.88. The molecular formula is C16H23NO4. The van der Waals surface area contributed by atoms with E-state index in [0.29, 0.717) is 0 Å². The lowest BCUT2D eigenvalue weighted by Gasteiger charge is -2.36. The number of aliphatic carboxylic acids is 1. The molecule has 0 radical (unpaired) electrons. The minimum atomic E-state index is -0.716. The number of rotatable bonds is 5. The maximum atomic E-state index is 10.8. The van der Waals surface area contributed by atoms with Gasteiger partial charge >= 0.3 is 5.97 Å². The Bertz CT molecular complexity index is 495. The maximum absolute atomic E-state index is 10.8. The molecule has 0 amide bonds. The van der Waals surface area contributed by atoms with Crippen molar-refractivity contribution >= 4 is 5.97 Å². The van der Waals surface area contributed by atoms with Crippen LogP contribution < -0.4 is 4.74 Å². The Morgan fingerprint density at radius 2 is 2.10 bits per heavy atom. The first-order chi connectivity index (χ1) is 10.0. The summed E-state index contributed by atoms with van der Waals surface area (Å²) in [6.07, 6.45) is 2.04. The first kappa shape index (κ1) is 15.6. The largest absolute Gasteiger partial charge is 0.508 e. The number of hydrogen-bond donors (Lipinski definition) is 2. The van der Waals surface area contributed by atoms with Crippen molar-refractivity contribution in [2.24, 2.45) is 5.92 Å². The molecule has 1 heterocycles. The van der Waals surface area contributed by atoms with Crippen LogP contribution in [0.1, 0.15) is 37.8 Å². The fraction of sp³-hybridized carbons (Fsp3) is 0.562. The lowest BCUT2D eigenvalue weighted by atomic mass is 9.92. The highest BCUT2D eigenvalue weighted by Gasteiger charge is 2.26. The summed E-state index contributed by atoms with van der Waals surface area (Å²) in [5.74, 6) is 0.558. The van der Waals surface area contributed by atoms with E-state index in [2.05, 4.69) is 11.8 Å². The number of carboxylic acids is 1. The lowest BCUT2D eigenvalue weighted by molar-refractivity contribution is -0.138. The van der Waals surface area contributed by atoms with Crippen LogP contribution in [0.25, 0.3) is 0 Å². The van der Waals surface area contributed by atoms with Crippen LogP contribution >= 0.6 is 0 Å². The Labute approximate surface area is 125 Å². The number of benzene rings is 1. The van der Waals surface area contributed by atoms with Crippen molar-refractivity contribution in [3.05, 3.63) is 23.8 Å². The molecule has 116 valence electrons. The fourth-order valence-electron chi connectivity index (χ4n) is 2.98. The van der Waals surface area contributed by atoms with Crippen LogP contribution in [0.3, 0.4) is 0 Å². The van der Waals surface area contributed by atoms with Gasteiger partial charge in [-0.2, -0.15) is 0 Å². The molecule has 1 aliphatic rings. The SMILES string of the molecule is COc1ccc(O)c(C(C)N2CCC(CC(=O)O)CC2)c1. The summed E-state index contributed by atoms with van der Waals surface area (Å²) in [6, 6.07) is 5.35. The second kappa shape index (κ2) is 6.80. The third-order valence-corrected chi connectivity index (χ3v) is 4.34. The number of phenolic OH excluding ortho intramolecular Hbond substituents is 1. The van der Waals surface area contributed by atoms with E-state index in [4.69, 9.17) is 9.84 Å². The predicted molar refractivity (Wildman–Crippen MR) is 79.6 cm³/mol. The van der Waals surface area contributed by atoms with Gasteiger partial charge in [-0.05, 0) is 57.0 Å². The highest BCUT2D eigenvalue weighted by atomic mass is 16.5. The van der Waals surface area contributed by atoms with Gasteiger partial charge in [0.05, 0.1) is 7.11 Å². The van der Waals surface area contributed by atoms with Crippen LogP contribution in [0.2, 0.25) is 0 Å². The van der Waals surface area contributed by atoms with Gasteiger partial charge in [0.15, 0.2) is 0 Å². The first-order valence-corrected chi connectivity index (χ1v) is 7.34. The number of piperidine rings is 1. The third-order valence-electron chi connectivity index (χ3n) is 4.34. The van der Waals surface area contributed by atoms with E-state index in [0.717, 1.165) is 37.2 Å². The highest BCUT2D eigenvalue weighted by molar-refractivity contribution is 5.67. The highest BCUT2D eigenvalue weighted by Crippen LogP contribution is 2.34. The Morgan fingerprint density at radius 3 is 2.67 bits per heavy atom. The Morgan fingerprint density at radius 1 is 1.43 bits per heavy atom. The lowest BCUT2D eigenvalue weighted by Crippen LogP contribution is -2.36. The zero-order valence-electron chi connectivity index (χ0n) is 12.6. The van der Waals surface area contributed by atoms with Crippen molar-refractivity contribution in [1.29, 1.82) is 0 Å². The Balaban J connectivity index is 2.01. The smallest absolute Gasteiger partial charge is 0.303 e. The molecule has 1 fully saturated rings. The van der Waals surface area contributed by atoms with Crippen molar-refractivity contribution in [3.8, 4) is 11.5 Å². The van der Waals surface area contributed by atoms with Crippen molar-refractivity contribution < 1.29 is 19.7 Å². The van der Waals surface area contributed by atoms with E-state index in [-0.39, 0.29) is 24.1 Å². The van der Waals surface area contributed by atoms with Crippen LogP contribution in [0, 0.1) is 5.92 Å². The molecule has 1 saturated heterocycles. The average molecular weight is 293 g/mol. The van der Waals surface area contributed by atoms with Crippen LogP contribution in [0.15, 0.2) is 18.2 Å². The molecule has 0 spiro atoms. The van der Waals surface area contributed by atoms with Gasteiger partial charge in [0.1, 0.15) is 11.5 Å². The van der Waals surface area contributed by atoms with E-state index < -0.39 is 5.97 Å². The number of hydrogen-bond acceptors (Lipinski definition) is 4. The van der Waals surface area contributed by atoms with Gasteiger partial charge in [-0.1, -0.05) is 0 Å². The number of carboxylic acid groups (broad SMARTS) is 1. The van der Waals surface area contributed by atoms with E-state index in [1.807, 2.05) is 6.07 Å². The van der Waals surface area contributed by atoms with Crippen molar-refractivity contribution in [1.82, 2.24) is 4.90 Å². The second-order valence-corrected chi connectivity index (χ2v) is 5.68. The van der Waals surface area contributed by atoms with Crippen molar-refractivity contribution in [3.63, 3.8) is 0 Å². The van der Waals surface area contributed by atoms with Crippen molar-refractivity contribution in [2.75, 3.05) is 20.2 Å². The van der Waals surface area contributed by atoms with E-state index in [1.165, 1.54) is 0 Å². The molecule has 1 aromatic rings. The number of nitrogens with zero attached hydrogens (tertiary/aromatic N) is 1. The molecule has 5 nitrogen and oxygen atoms in total. The maximum Gasteiger partial charge on any atom is 0.303 e. The van der Waals surface area contributed by atoms with Crippen LogP contribution in [-0.4, -0.2) is 41.3 Å². The average Bonchev–Trinajstić information content (AvgIpc) is 2.47. The zero-order chi connectivity index (χ0) is 15.4. The first-order valence-electron chi connectivity index (χ1n) is 7.34.